The molecule has 0 N–H and O–H groups in total. The average Bonchev–Trinajstić information content (AvgIpc) is 4.18. The Kier molecular flexibility index (Phi) is 8.22. The second-order valence-electron chi connectivity index (χ2n) is 16.6. The van der Waals surface area contributed by atoms with Gasteiger partial charge in [0.15, 0.2) is 11.6 Å². The summed E-state index contributed by atoms with van der Waals surface area (Å²) >= 11 is 3.42. The van der Waals surface area contributed by atoms with Crippen molar-refractivity contribution in [2.45, 2.75) is 0 Å². The van der Waals surface area contributed by atoms with E-state index >= 15 is 0 Å². The molecule has 66 heavy (non-hydrogen) atoms. The molecule has 8 heteroatoms. The molecule has 0 saturated heterocycles. The fourth-order valence-corrected chi connectivity index (χ4v) is 11.8. The number of para-hydroxylation sites is 3. The van der Waals surface area contributed by atoms with Crippen LogP contribution in [0.1, 0.15) is 0 Å². The molecule has 6 nitrogen and oxygen atoms in total. The number of aromatic nitrogens is 6. The zero-order valence-corrected chi connectivity index (χ0v) is 36.8. The van der Waals surface area contributed by atoms with E-state index < -0.39 is 0 Å². The van der Waals surface area contributed by atoms with Gasteiger partial charge in [0.25, 0.3) is 0 Å². The van der Waals surface area contributed by atoms with Gasteiger partial charge in [-0.2, -0.15) is 9.97 Å². The largest absolute Gasteiger partial charge is 0.292 e. The van der Waals surface area contributed by atoms with Crippen LogP contribution in [0.2, 0.25) is 0 Å². The van der Waals surface area contributed by atoms with Gasteiger partial charge >= 0.3 is 0 Å². The van der Waals surface area contributed by atoms with Crippen LogP contribution < -0.4 is 0 Å². The van der Waals surface area contributed by atoms with E-state index in [9.17, 15) is 0 Å². The maximum absolute atomic E-state index is 5.42. The van der Waals surface area contributed by atoms with Crippen molar-refractivity contribution in [2.75, 3.05) is 0 Å². The minimum Gasteiger partial charge on any atom is -0.292 e. The van der Waals surface area contributed by atoms with Crippen molar-refractivity contribution >= 4 is 97.2 Å². The Balaban J connectivity index is 1.02. The van der Waals surface area contributed by atoms with Gasteiger partial charge < -0.3 is 0 Å². The van der Waals surface area contributed by atoms with Crippen molar-refractivity contribution in [1.82, 2.24) is 29.1 Å². The zero-order valence-electron chi connectivity index (χ0n) is 35.1. The monoisotopic (exact) mass is 878 g/mol. The van der Waals surface area contributed by atoms with Gasteiger partial charge in [-0.3, -0.25) is 9.13 Å². The Labute approximate surface area is 386 Å². The summed E-state index contributed by atoms with van der Waals surface area (Å²) in [6.45, 7) is 0. The topological polar surface area (TPSA) is 61.4 Å². The molecule has 0 amide bonds. The first-order valence-corrected chi connectivity index (χ1v) is 23.6. The summed E-state index contributed by atoms with van der Waals surface area (Å²) in [7, 11) is 0. The van der Waals surface area contributed by atoms with Gasteiger partial charge in [0.1, 0.15) is 5.82 Å². The Morgan fingerprint density at radius 3 is 1.68 bits per heavy atom. The summed E-state index contributed by atoms with van der Waals surface area (Å²) in [6.07, 6.45) is 0. The van der Waals surface area contributed by atoms with Gasteiger partial charge in [-0.1, -0.05) is 146 Å². The molecule has 14 rings (SSSR count). The van der Waals surface area contributed by atoms with Crippen molar-refractivity contribution in [3.63, 3.8) is 0 Å². The highest BCUT2D eigenvalue weighted by Gasteiger charge is 2.24. The summed E-state index contributed by atoms with van der Waals surface area (Å²) in [4.78, 5) is 23.3. The number of nitrogens with zero attached hydrogens (tertiary/aromatic N) is 6. The van der Waals surface area contributed by atoms with E-state index in [-0.39, 0.29) is 0 Å². The molecule has 0 spiro atoms. The predicted octanol–water partition coefficient (Wildman–Crippen LogP) is 15.7. The van der Waals surface area contributed by atoms with E-state index in [2.05, 4.69) is 215 Å². The maximum Gasteiger partial charge on any atom is 0.238 e. The molecule has 5 heterocycles. The minimum absolute atomic E-state index is 0.587. The molecule has 0 atom stereocenters. The van der Waals surface area contributed by atoms with Gasteiger partial charge in [-0.25, -0.2) is 9.97 Å². The van der Waals surface area contributed by atoms with E-state index in [0.717, 1.165) is 81.6 Å². The highest BCUT2D eigenvalue weighted by atomic mass is 32.1. The number of hydrogen-bond acceptors (Lipinski definition) is 6. The maximum atomic E-state index is 5.42. The third kappa shape index (κ3) is 5.79. The van der Waals surface area contributed by atoms with Crippen LogP contribution in [0.25, 0.3) is 130 Å². The minimum atomic E-state index is 0.587. The fourth-order valence-electron chi connectivity index (χ4n) is 9.81. The molecule has 14 aromatic rings. The Morgan fingerprint density at radius 2 is 0.970 bits per heavy atom. The lowest BCUT2D eigenvalue weighted by atomic mass is 9.94. The molecule has 0 radical (unpaired) electrons. The van der Waals surface area contributed by atoms with Gasteiger partial charge in [0.2, 0.25) is 5.95 Å². The van der Waals surface area contributed by atoms with Crippen LogP contribution in [0.5, 0.6) is 0 Å². The lowest BCUT2D eigenvalue weighted by Crippen LogP contribution is -2.06. The van der Waals surface area contributed by atoms with Gasteiger partial charge in [-0.15, -0.1) is 22.7 Å². The Hall–Kier alpha value is -8.30. The number of fused-ring (bicyclic) bond motifs is 10. The van der Waals surface area contributed by atoms with Crippen LogP contribution in [0.3, 0.4) is 0 Å². The molecule has 5 aromatic heterocycles. The predicted molar refractivity (Wildman–Crippen MR) is 276 cm³/mol. The summed E-state index contributed by atoms with van der Waals surface area (Å²) in [6, 6.07) is 73.4. The van der Waals surface area contributed by atoms with E-state index in [1.165, 1.54) is 30.9 Å². The van der Waals surface area contributed by atoms with Crippen LogP contribution >= 0.6 is 22.7 Å². The average molecular weight is 879 g/mol. The van der Waals surface area contributed by atoms with Crippen molar-refractivity contribution < 1.29 is 0 Å². The van der Waals surface area contributed by atoms with Crippen molar-refractivity contribution in [3.8, 4) is 55.6 Å². The molecule has 0 bridgehead atoms. The van der Waals surface area contributed by atoms with Crippen molar-refractivity contribution in [2.24, 2.45) is 0 Å². The number of rotatable bonds is 6. The van der Waals surface area contributed by atoms with E-state index in [0.29, 0.717) is 17.6 Å². The highest BCUT2D eigenvalue weighted by Crippen LogP contribution is 2.45. The van der Waals surface area contributed by atoms with E-state index in [4.69, 9.17) is 19.9 Å². The van der Waals surface area contributed by atoms with Crippen LogP contribution in [0.4, 0.5) is 0 Å². The SMILES string of the molecule is c1ccc(-n2c(-c3ccc(-c4cc5c6c7ccccc7ccc6n(-c6nc(-c7cc8ccccc8s7)nc(-c7cc8ccccc8s7)n6)c5c5ccccc45)cc3)nc3ccccc32)cc1. The standard InChI is InChI=1S/C58H34N6S2/c1-2-17-40(18-3-1)63-47-23-11-10-22-46(47)59-57(63)37-28-26-36(27-29-37)44-34-45-53-41-19-7-4-14-35(41)30-31-48(53)64(54(45)43-21-9-8-20-42(43)44)58-61-55(51-32-38-15-5-12-24-49(38)65-51)60-56(62-58)52-33-39-16-6-13-25-50(39)66-52/h1-34H. The molecule has 0 saturated carbocycles. The molecular formula is C58H34N6S2. The molecule has 0 fully saturated rings. The quantitative estimate of drug-likeness (QED) is 0.167. The molecule has 0 unspecified atom stereocenters. The summed E-state index contributed by atoms with van der Waals surface area (Å²) in [5.74, 6) is 2.81. The highest BCUT2D eigenvalue weighted by molar-refractivity contribution is 7.22. The lowest BCUT2D eigenvalue weighted by Gasteiger charge is -2.13. The molecule has 9 aromatic carbocycles. The normalized spacial score (nSPS) is 11.9. The first-order chi connectivity index (χ1) is 32.7. The third-order valence-corrected chi connectivity index (χ3v) is 15.0. The second-order valence-corrected chi connectivity index (χ2v) is 18.8. The molecule has 308 valence electrons. The lowest BCUT2D eigenvalue weighted by molar-refractivity contribution is 0.959. The van der Waals surface area contributed by atoms with Crippen LogP contribution in [0.15, 0.2) is 206 Å². The smallest absolute Gasteiger partial charge is 0.238 e. The Morgan fingerprint density at radius 1 is 0.379 bits per heavy atom. The zero-order chi connectivity index (χ0) is 43.3. The van der Waals surface area contributed by atoms with Crippen LogP contribution in [-0.2, 0) is 0 Å². The molecular weight excluding hydrogens is 845 g/mol. The van der Waals surface area contributed by atoms with Crippen LogP contribution in [-0.4, -0.2) is 29.1 Å². The first-order valence-electron chi connectivity index (χ1n) is 22.0. The van der Waals surface area contributed by atoms with E-state index in [1.54, 1.807) is 22.7 Å². The number of imidazole rings is 1. The summed E-state index contributed by atoms with van der Waals surface area (Å²) in [5.41, 5.74) is 8.54. The Bertz CT molecular complexity index is 4080. The van der Waals surface area contributed by atoms with Crippen molar-refractivity contribution in [1.29, 1.82) is 0 Å². The summed E-state index contributed by atoms with van der Waals surface area (Å²) in [5, 5.41) is 9.27. The fraction of sp³-hybridized carbons (Fsp3) is 0. The van der Waals surface area contributed by atoms with Gasteiger partial charge in [-0.05, 0) is 98.7 Å². The van der Waals surface area contributed by atoms with Crippen molar-refractivity contribution in [3.05, 3.63) is 206 Å². The van der Waals surface area contributed by atoms with Crippen LogP contribution in [0, 0.1) is 0 Å². The van der Waals surface area contributed by atoms with Gasteiger partial charge in [0.05, 0.1) is 31.8 Å². The van der Waals surface area contributed by atoms with Gasteiger partial charge in [0, 0.05) is 36.8 Å². The molecule has 0 aliphatic heterocycles. The number of hydrogen-bond donors (Lipinski definition) is 0. The second kappa shape index (κ2) is 14.6. The number of benzene rings is 9. The molecule has 0 aliphatic rings. The van der Waals surface area contributed by atoms with E-state index in [1.807, 2.05) is 0 Å². The summed E-state index contributed by atoms with van der Waals surface area (Å²) < 4.78 is 6.94. The molecule has 0 aliphatic carbocycles. The number of thiophene rings is 2. The third-order valence-electron chi connectivity index (χ3n) is 12.8. The first kappa shape index (κ1) is 37.1.